The molecule has 1 amide bonds. The number of hydrogen-bond acceptors (Lipinski definition) is 6. The van der Waals surface area contributed by atoms with Crippen LogP contribution in [0.4, 0.5) is 0 Å². The van der Waals surface area contributed by atoms with E-state index in [1.807, 2.05) is 64.1 Å². The van der Waals surface area contributed by atoms with Crippen molar-refractivity contribution in [2.45, 2.75) is 38.5 Å². The summed E-state index contributed by atoms with van der Waals surface area (Å²) in [7, 11) is 0. The van der Waals surface area contributed by atoms with Gasteiger partial charge < -0.3 is 9.73 Å². The number of amides is 1. The Morgan fingerprint density at radius 2 is 1.82 bits per heavy atom. The molecule has 1 N–H and O–H groups in total. The predicted octanol–water partition coefficient (Wildman–Crippen LogP) is 3.88. The van der Waals surface area contributed by atoms with Crippen LogP contribution in [-0.2, 0) is 4.79 Å². The number of oxazole rings is 1. The minimum atomic E-state index is -0.267. The van der Waals surface area contributed by atoms with E-state index in [0.29, 0.717) is 10.8 Å². The van der Waals surface area contributed by atoms with E-state index < -0.39 is 0 Å². The van der Waals surface area contributed by atoms with Crippen molar-refractivity contribution in [1.29, 1.82) is 0 Å². The maximum atomic E-state index is 12.1. The minimum Gasteiger partial charge on any atom is -0.429 e. The van der Waals surface area contributed by atoms with Crippen molar-refractivity contribution in [3.63, 3.8) is 0 Å². The van der Waals surface area contributed by atoms with E-state index >= 15 is 0 Å². The van der Waals surface area contributed by atoms with Gasteiger partial charge in [0, 0.05) is 5.54 Å². The number of thioether (sulfide) groups is 1. The standard InChI is InChI=1S/C20H21N5O2S/c1-12-9-15-18(27-19(21-15)28-11-17(26)22-20(2,3)4)16(10-12)25-23-13-7-5-6-8-14(13)24-25/h5-10H,11H2,1-4H3,(H,22,26). The molecule has 0 radical (unpaired) electrons. The molecule has 0 aliphatic carbocycles. The van der Waals surface area contributed by atoms with Gasteiger partial charge in [-0.25, -0.2) is 4.98 Å². The molecule has 0 atom stereocenters. The first-order valence-electron chi connectivity index (χ1n) is 8.96. The Labute approximate surface area is 166 Å². The molecule has 8 heteroatoms. The van der Waals surface area contributed by atoms with Crippen LogP contribution in [0.25, 0.3) is 27.8 Å². The predicted molar refractivity (Wildman–Crippen MR) is 110 cm³/mol. The smallest absolute Gasteiger partial charge is 0.257 e. The summed E-state index contributed by atoms with van der Waals surface area (Å²) in [4.78, 5) is 18.2. The van der Waals surface area contributed by atoms with Gasteiger partial charge in [0.25, 0.3) is 5.22 Å². The zero-order chi connectivity index (χ0) is 19.9. The molecule has 0 unspecified atom stereocenters. The van der Waals surface area contributed by atoms with Crippen LogP contribution in [-0.4, -0.2) is 37.2 Å². The molecule has 28 heavy (non-hydrogen) atoms. The van der Waals surface area contributed by atoms with Crippen molar-refractivity contribution >= 4 is 39.8 Å². The zero-order valence-corrected chi connectivity index (χ0v) is 17.0. The molecule has 0 spiro atoms. The number of aryl methyl sites for hydroxylation is 1. The second-order valence-electron chi connectivity index (χ2n) is 7.68. The highest BCUT2D eigenvalue weighted by Crippen LogP contribution is 2.29. The summed E-state index contributed by atoms with van der Waals surface area (Å²) in [6.45, 7) is 7.84. The van der Waals surface area contributed by atoms with E-state index in [0.717, 1.165) is 27.8 Å². The second kappa shape index (κ2) is 6.94. The second-order valence-corrected chi connectivity index (χ2v) is 8.60. The highest BCUT2D eigenvalue weighted by Gasteiger charge is 2.18. The lowest BCUT2D eigenvalue weighted by Gasteiger charge is -2.19. The molecular formula is C20H21N5O2S. The molecule has 0 saturated heterocycles. The molecule has 0 bridgehead atoms. The number of nitrogens with zero attached hydrogens (tertiary/aromatic N) is 4. The largest absolute Gasteiger partial charge is 0.429 e. The van der Waals surface area contributed by atoms with Crippen LogP contribution in [0.2, 0.25) is 0 Å². The molecule has 4 rings (SSSR count). The van der Waals surface area contributed by atoms with Gasteiger partial charge in [0.05, 0.1) is 5.75 Å². The van der Waals surface area contributed by atoms with Crippen LogP contribution in [0.3, 0.4) is 0 Å². The SMILES string of the molecule is Cc1cc(-n2nc3ccccc3n2)c2oc(SCC(=O)NC(C)(C)C)nc2c1. The first kappa shape index (κ1) is 18.5. The average Bonchev–Trinajstić information content (AvgIpc) is 3.21. The fraction of sp³-hybridized carbons (Fsp3) is 0.300. The molecule has 7 nitrogen and oxygen atoms in total. The highest BCUT2D eigenvalue weighted by molar-refractivity contribution is 7.99. The third kappa shape index (κ3) is 3.87. The molecule has 2 aromatic carbocycles. The monoisotopic (exact) mass is 395 g/mol. The number of aromatic nitrogens is 4. The van der Waals surface area contributed by atoms with Gasteiger partial charge in [-0.15, -0.1) is 15.0 Å². The summed E-state index contributed by atoms with van der Waals surface area (Å²) < 4.78 is 5.96. The Balaban J connectivity index is 1.66. The summed E-state index contributed by atoms with van der Waals surface area (Å²) in [5.41, 5.74) is 4.43. The van der Waals surface area contributed by atoms with Crippen LogP contribution in [0, 0.1) is 6.92 Å². The van der Waals surface area contributed by atoms with Crippen molar-refractivity contribution in [2.75, 3.05) is 5.75 Å². The van der Waals surface area contributed by atoms with E-state index in [1.165, 1.54) is 11.8 Å². The summed E-state index contributed by atoms with van der Waals surface area (Å²) in [5, 5.41) is 12.5. The van der Waals surface area contributed by atoms with Gasteiger partial charge in [-0.1, -0.05) is 23.9 Å². The molecule has 2 aromatic heterocycles. The van der Waals surface area contributed by atoms with Crippen LogP contribution >= 0.6 is 11.8 Å². The number of hydrogen-bond donors (Lipinski definition) is 1. The number of carbonyl (C=O) groups is 1. The van der Waals surface area contributed by atoms with Crippen molar-refractivity contribution in [2.24, 2.45) is 0 Å². The quantitative estimate of drug-likeness (QED) is 0.528. The molecule has 2 heterocycles. The van der Waals surface area contributed by atoms with E-state index in [2.05, 4.69) is 20.5 Å². The highest BCUT2D eigenvalue weighted by atomic mass is 32.2. The Morgan fingerprint density at radius 3 is 2.46 bits per heavy atom. The fourth-order valence-corrected chi connectivity index (χ4v) is 3.52. The first-order valence-corrected chi connectivity index (χ1v) is 9.94. The summed E-state index contributed by atoms with van der Waals surface area (Å²) >= 11 is 1.27. The molecular weight excluding hydrogens is 374 g/mol. The summed E-state index contributed by atoms with van der Waals surface area (Å²) in [6, 6.07) is 11.6. The third-order valence-corrected chi connectivity index (χ3v) is 4.77. The summed E-state index contributed by atoms with van der Waals surface area (Å²) in [6.07, 6.45) is 0. The molecule has 0 aliphatic heterocycles. The number of fused-ring (bicyclic) bond motifs is 2. The molecule has 0 aliphatic rings. The Morgan fingerprint density at radius 1 is 1.14 bits per heavy atom. The lowest BCUT2D eigenvalue weighted by Crippen LogP contribution is -2.41. The molecule has 0 saturated carbocycles. The van der Waals surface area contributed by atoms with Crippen molar-refractivity contribution < 1.29 is 9.21 Å². The molecule has 0 fully saturated rings. The van der Waals surface area contributed by atoms with E-state index in [4.69, 9.17) is 4.42 Å². The Kier molecular flexibility index (Phi) is 4.58. The Bertz CT molecular complexity index is 1140. The minimum absolute atomic E-state index is 0.0591. The van der Waals surface area contributed by atoms with Crippen LogP contribution < -0.4 is 5.32 Å². The van der Waals surface area contributed by atoms with Crippen molar-refractivity contribution in [1.82, 2.24) is 25.3 Å². The van der Waals surface area contributed by atoms with Gasteiger partial charge in [-0.05, 0) is 57.5 Å². The number of rotatable bonds is 4. The summed E-state index contributed by atoms with van der Waals surface area (Å²) in [5.74, 6) is 0.179. The van der Waals surface area contributed by atoms with Crippen LogP contribution in [0.1, 0.15) is 26.3 Å². The number of nitrogens with one attached hydrogen (secondary N) is 1. The number of carbonyl (C=O) groups excluding carboxylic acids is 1. The van der Waals surface area contributed by atoms with Gasteiger partial charge in [0.15, 0.2) is 5.58 Å². The van der Waals surface area contributed by atoms with E-state index in [-0.39, 0.29) is 17.2 Å². The van der Waals surface area contributed by atoms with E-state index in [9.17, 15) is 4.79 Å². The lowest BCUT2D eigenvalue weighted by atomic mass is 10.1. The topological polar surface area (TPSA) is 85.8 Å². The lowest BCUT2D eigenvalue weighted by molar-refractivity contribution is -0.119. The van der Waals surface area contributed by atoms with Gasteiger partial charge in [-0.3, -0.25) is 4.79 Å². The third-order valence-electron chi connectivity index (χ3n) is 3.94. The molecule has 144 valence electrons. The van der Waals surface area contributed by atoms with Gasteiger partial charge in [0.1, 0.15) is 22.2 Å². The first-order chi connectivity index (χ1) is 13.3. The van der Waals surface area contributed by atoms with Crippen LogP contribution in [0.15, 0.2) is 46.0 Å². The normalized spacial score (nSPS) is 12.0. The van der Waals surface area contributed by atoms with Gasteiger partial charge >= 0.3 is 0 Å². The maximum Gasteiger partial charge on any atom is 0.257 e. The fourth-order valence-electron chi connectivity index (χ4n) is 2.89. The Hall–Kier alpha value is -2.87. The molecule has 4 aromatic rings. The van der Waals surface area contributed by atoms with Crippen molar-refractivity contribution in [3.8, 4) is 5.69 Å². The number of benzene rings is 2. The van der Waals surface area contributed by atoms with E-state index in [1.54, 1.807) is 4.80 Å². The average molecular weight is 395 g/mol. The van der Waals surface area contributed by atoms with Gasteiger partial charge in [0.2, 0.25) is 5.91 Å². The van der Waals surface area contributed by atoms with Crippen LogP contribution in [0.5, 0.6) is 0 Å². The zero-order valence-electron chi connectivity index (χ0n) is 16.2. The van der Waals surface area contributed by atoms with Crippen molar-refractivity contribution in [3.05, 3.63) is 42.0 Å². The maximum absolute atomic E-state index is 12.1. The van der Waals surface area contributed by atoms with Gasteiger partial charge in [-0.2, -0.15) is 0 Å².